The summed E-state index contributed by atoms with van der Waals surface area (Å²) in [5.41, 5.74) is -0.161. The van der Waals surface area contributed by atoms with Crippen molar-refractivity contribution in [3.63, 3.8) is 0 Å². The lowest BCUT2D eigenvalue weighted by atomic mass is 10.1. The lowest BCUT2D eigenvalue weighted by Gasteiger charge is -2.14. The summed E-state index contributed by atoms with van der Waals surface area (Å²) in [5, 5.41) is 19.0. The van der Waals surface area contributed by atoms with Gasteiger partial charge in [0.25, 0.3) is 5.78 Å². The average molecular weight is 402 g/mol. The maximum atomic E-state index is 14.3. The Bertz CT molecular complexity index is 1200. The zero-order valence-corrected chi connectivity index (χ0v) is 15.0. The lowest BCUT2D eigenvalue weighted by Crippen LogP contribution is -2.17. The number of aliphatic carboxylic acids is 1. The number of fused-ring (bicyclic) bond motifs is 1. The van der Waals surface area contributed by atoms with Crippen molar-refractivity contribution in [1.29, 1.82) is 0 Å². The summed E-state index contributed by atoms with van der Waals surface area (Å²) in [4.78, 5) is 34.7. The number of halogens is 2. The number of ketones is 1. The largest absolute Gasteiger partial charge is 0.507 e. The van der Waals surface area contributed by atoms with E-state index in [0.29, 0.717) is 11.6 Å². The molecule has 1 aromatic heterocycles. The van der Waals surface area contributed by atoms with Gasteiger partial charge in [0.15, 0.2) is 5.43 Å². The fourth-order valence-electron chi connectivity index (χ4n) is 2.78. The van der Waals surface area contributed by atoms with Gasteiger partial charge in [-0.1, -0.05) is 35.9 Å². The molecule has 0 saturated carbocycles. The Morgan fingerprint density at radius 2 is 1.82 bits per heavy atom. The molecule has 0 aliphatic rings. The fraction of sp³-hybridized carbons (Fsp3) is 0.0500. The first-order valence-corrected chi connectivity index (χ1v) is 8.40. The van der Waals surface area contributed by atoms with Crippen molar-refractivity contribution >= 4 is 40.0 Å². The van der Waals surface area contributed by atoms with Gasteiger partial charge in [-0.15, -0.1) is 0 Å². The molecule has 0 bridgehead atoms. The molecule has 0 unspecified atom stereocenters. The molecule has 0 aliphatic carbocycles. The Morgan fingerprint density at radius 3 is 2.54 bits per heavy atom. The van der Waals surface area contributed by atoms with Crippen molar-refractivity contribution in [2.75, 3.05) is 0 Å². The van der Waals surface area contributed by atoms with Gasteiger partial charge in [-0.25, -0.2) is 9.18 Å². The maximum absolute atomic E-state index is 14.3. The normalized spacial score (nSPS) is 11.6. The quantitative estimate of drug-likeness (QED) is 0.388. The van der Waals surface area contributed by atoms with Gasteiger partial charge >= 0.3 is 5.97 Å². The van der Waals surface area contributed by atoms with E-state index in [0.717, 1.165) is 0 Å². The molecule has 1 heterocycles. The smallest absolute Gasteiger partial charge is 0.376 e. The Balaban J connectivity index is 2.21. The number of carboxylic acids is 1. The third-order valence-corrected chi connectivity index (χ3v) is 4.41. The summed E-state index contributed by atoms with van der Waals surface area (Å²) in [6.45, 7) is -0.0135. The van der Waals surface area contributed by atoms with Crippen LogP contribution in [0.15, 0.2) is 59.5 Å². The number of aliphatic hydroxyl groups excluding tert-OH is 1. The summed E-state index contributed by atoms with van der Waals surface area (Å²) < 4.78 is 15.8. The van der Waals surface area contributed by atoms with Crippen molar-refractivity contribution in [2.24, 2.45) is 0 Å². The van der Waals surface area contributed by atoms with Crippen LogP contribution in [0.3, 0.4) is 0 Å². The van der Waals surface area contributed by atoms with Gasteiger partial charge in [-0.2, -0.15) is 0 Å². The molecule has 0 saturated heterocycles. The fourth-order valence-corrected chi connectivity index (χ4v) is 2.97. The third kappa shape index (κ3) is 3.65. The molecule has 0 atom stereocenters. The highest BCUT2D eigenvalue weighted by molar-refractivity contribution is 6.38. The van der Waals surface area contributed by atoms with Crippen LogP contribution in [0.1, 0.15) is 11.1 Å². The van der Waals surface area contributed by atoms with Crippen molar-refractivity contribution in [1.82, 2.24) is 4.57 Å². The van der Waals surface area contributed by atoms with E-state index in [-0.39, 0.29) is 28.1 Å². The van der Waals surface area contributed by atoms with Crippen LogP contribution in [0.25, 0.3) is 16.7 Å². The second-order valence-electron chi connectivity index (χ2n) is 5.93. The van der Waals surface area contributed by atoms with Gasteiger partial charge in [0.2, 0.25) is 0 Å². The van der Waals surface area contributed by atoms with Crippen molar-refractivity contribution in [3.8, 4) is 0 Å². The first-order chi connectivity index (χ1) is 13.3. The van der Waals surface area contributed by atoms with Gasteiger partial charge in [-0.05, 0) is 18.2 Å². The number of hydrogen-bond donors (Lipinski definition) is 2. The zero-order valence-electron chi connectivity index (χ0n) is 14.2. The highest BCUT2D eigenvalue weighted by Gasteiger charge is 2.16. The number of aromatic nitrogens is 1. The molecule has 3 aromatic rings. The first kappa shape index (κ1) is 19.3. The molecule has 2 aromatic carbocycles. The SMILES string of the molecule is O=C(O)C(=O)C=C(O)c1cn(Cc2cccc(Cl)c2F)c2ccccc2c1=O. The van der Waals surface area contributed by atoms with E-state index in [4.69, 9.17) is 16.7 Å². The van der Waals surface area contributed by atoms with Crippen molar-refractivity contribution in [2.45, 2.75) is 6.54 Å². The number of rotatable bonds is 5. The first-order valence-electron chi connectivity index (χ1n) is 8.03. The zero-order chi connectivity index (χ0) is 20.4. The highest BCUT2D eigenvalue weighted by atomic mass is 35.5. The van der Waals surface area contributed by atoms with E-state index in [1.165, 1.54) is 29.0 Å². The Morgan fingerprint density at radius 1 is 1.11 bits per heavy atom. The Labute approximate surface area is 162 Å². The predicted octanol–water partition coefficient (Wildman–Crippen LogP) is 3.39. The molecule has 6 nitrogen and oxygen atoms in total. The summed E-state index contributed by atoms with van der Waals surface area (Å²) in [5.74, 6) is -4.55. The minimum Gasteiger partial charge on any atom is -0.507 e. The van der Waals surface area contributed by atoms with Crippen LogP contribution in [-0.2, 0) is 16.1 Å². The van der Waals surface area contributed by atoms with Crippen LogP contribution >= 0.6 is 11.6 Å². The van der Waals surface area contributed by atoms with E-state index in [1.54, 1.807) is 24.3 Å². The van der Waals surface area contributed by atoms with E-state index in [2.05, 4.69) is 0 Å². The number of carbonyl (C=O) groups excluding carboxylic acids is 1. The number of para-hydroxylation sites is 1. The highest BCUT2D eigenvalue weighted by Crippen LogP contribution is 2.21. The van der Waals surface area contributed by atoms with E-state index in [9.17, 15) is 23.9 Å². The van der Waals surface area contributed by atoms with Crippen LogP contribution in [0, 0.1) is 5.82 Å². The maximum Gasteiger partial charge on any atom is 0.376 e. The molecule has 28 heavy (non-hydrogen) atoms. The van der Waals surface area contributed by atoms with Gasteiger partial charge in [0.05, 0.1) is 22.6 Å². The molecule has 0 spiro atoms. The van der Waals surface area contributed by atoms with Crippen LogP contribution in [-0.4, -0.2) is 26.5 Å². The molecule has 142 valence electrons. The Hall–Kier alpha value is -3.45. The number of carboxylic acid groups (broad SMARTS) is 1. The topological polar surface area (TPSA) is 96.6 Å². The van der Waals surface area contributed by atoms with Crippen molar-refractivity contribution < 1.29 is 24.2 Å². The standard InChI is InChI=1S/C20H13ClFNO5/c21-14-6-3-4-11(18(14)22)9-23-10-13(16(24)8-17(25)20(27)28)19(26)12-5-1-2-7-15(12)23/h1-8,10,24H,9H2,(H,27,28). The second kappa shape index (κ2) is 7.66. The van der Waals surface area contributed by atoms with Crippen LogP contribution in [0.4, 0.5) is 4.39 Å². The molecular weight excluding hydrogens is 389 g/mol. The monoisotopic (exact) mass is 401 g/mol. The van der Waals surface area contributed by atoms with Gasteiger partial charge in [0.1, 0.15) is 11.6 Å². The Kier molecular flexibility index (Phi) is 5.28. The third-order valence-electron chi connectivity index (χ3n) is 4.11. The molecule has 3 rings (SSSR count). The second-order valence-corrected chi connectivity index (χ2v) is 6.34. The van der Waals surface area contributed by atoms with Gasteiger partial charge in [-0.3, -0.25) is 9.59 Å². The van der Waals surface area contributed by atoms with Crippen molar-refractivity contribution in [3.05, 3.63) is 86.9 Å². The van der Waals surface area contributed by atoms with E-state index in [1.807, 2.05) is 0 Å². The molecule has 0 radical (unpaired) electrons. The molecule has 8 heteroatoms. The number of benzene rings is 2. The average Bonchev–Trinajstić information content (AvgIpc) is 2.67. The molecule has 0 aliphatic heterocycles. The minimum absolute atomic E-state index is 0.0135. The molecular formula is C20H13ClFNO5. The minimum atomic E-state index is -1.77. The number of carbonyl (C=O) groups is 2. The van der Waals surface area contributed by atoms with Crippen LogP contribution in [0.5, 0.6) is 0 Å². The number of nitrogens with zero attached hydrogens (tertiary/aromatic N) is 1. The van der Waals surface area contributed by atoms with Gasteiger partial charge < -0.3 is 14.8 Å². The summed E-state index contributed by atoms with van der Waals surface area (Å²) in [7, 11) is 0. The van der Waals surface area contributed by atoms with Crippen LogP contribution in [0.2, 0.25) is 5.02 Å². The molecule has 2 N–H and O–H groups in total. The lowest BCUT2D eigenvalue weighted by molar-refractivity contribution is -0.146. The summed E-state index contributed by atoms with van der Waals surface area (Å²) >= 11 is 5.82. The molecule has 0 fully saturated rings. The van der Waals surface area contributed by atoms with Crippen LogP contribution < -0.4 is 5.43 Å². The number of hydrogen-bond acceptors (Lipinski definition) is 4. The number of aliphatic hydroxyl groups is 1. The molecule has 0 amide bonds. The summed E-state index contributed by atoms with van der Waals surface area (Å²) in [6, 6.07) is 11.0. The van der Waals surface area contributed by atoms with Gasteiger partial charge in [0, 0.05) is 23.2 Å². The predicted molar refractivity (Wildman–Crippen MR) is 102 cm³/mol. The summed E-state index contributed by atoms with van der Waals surface area (Å²) in [6.07, 6.45) is 1.70. The van der Waals surface area contributed by atoms with E-state index < -0.39 is 28.8 Å². The van der Waals surface area contributed by atoms with E-state index >= 15 is 0 Å². The number of pyridine rings is 1.